The molecule has 3 rings (SSSR count). The predicted octanol–water partition coefficient (Wildman–Crippen LogP) is 4.71. The number of carbonyl (C=O) groups is 1. The van der Waals surface area contributed by atoms with Gasteiger partial charge in [0.15, 0.2) is 0 Å². The van der Waals surface area contributed by atoms with E-state index in [2.05, 4.69) is 10.0 Å². The van der Waals surface area contributed by atoms with E-state index >= 15 is 0 Å². The summed E-state index contributed by atoms with van der Waals surface area (Å²) < 4.78 is 33.3. The van der Waals surface area contributed by atoms with Gasteiger partial charge in [0.1, 0.15) is 5.75 Å². The summed E-state index contributed by atoms with van der Waals surface area (Å²) >= 11 is 5.84. The Labute approximate surface area is 174 Å². The average molecular weight is 431 g/mol. The fraction of sp³-hybridized carbons (Fsp3) is 0.0952. The van der Waals surface area contributed by atoms with Crippen LogP contribution >= 0.6 is 11.6 Å². The summed E-state index contributed by atoms with van der Waals surface area (Å²) in [6, 6.07) is 17.7. The molecule has 0 saturated carbocycles. The van der Waals surface area contributed by atoms with Crippen molar-refractivity contribution in [2.45, 2.75) is 11.8 Å². The average Bonchev–Trinajstić information content (AvgIpc) is 2.71. The van der Waals surface area contributed by atoms with Crippen molar-refractivity contribution in [1.82, 2.24) is 0 Å². The quantitative estimate of drug-likeness (QED) is 0.593. The van der Waals surface area contributed by atoms with Crippen LogP contribution < -0.4 is 14.8 Å². The fourth-order valence-corrected chi connectivity index (χ4v) is 4.12. The Morgan fingerprint density at radius 2 is 1.66 bits per heavy atom. The van der Waals surface area contributed by atoms with Gasteiger partial charge < -0.3 is 10.1 Å². The van der Waals surface area contributed by atoms with Gasteiger partial charge in [-0.15, -0.1) is 0 Å². The SMILES string of the molecule is COc1cccc(C(=O)Nc2ccc(C)c(S(=O)(=O)Nc3ccc(Cl)cc3)c2)c1. The highest BCUT2D eigenvalue weighted by Crippen LogP contribution is 2.24. The molecule has 0 fully saturated rings. The summed E-state index contributed by atoms with van der Waals surface area (Å²) in [4.78, 5) is 12.6. The van der Waals surface area contributed by atoms with E-state index in [9.17, 15) is 13.2 Å². The molecule has 0 bridgehead atoms. The van der Waals surface area contributed by atoms with E-state index in [4.69, 9.17) is 16.3 Å². The largest absolute Gasteiger partial charge is 0.497 e. The van der Waals surface area contributed by atoms with Crippen LogP contribution in [0.2, 0.25) is 5.02 Å². The summed E-state index contributed by atoms with van der Waals surface area (Å²) in [7, 11) is -2.34. The first kappa shape index (κ1) is 20.7. The van der Waals surface area contributed by atoms with E-state index in [-0.39, 0.29) is 10.8 Å². The Balaban J connectivity index is 1.85. The minimum Gasteiger partial charge on any atom is -0.497 e. The second kappa shape index (κ2) is 8.55. The third-order valence-corrected chi connectivity index (χ3v) is 5.94. The van der Waals surface area contributed by atoms with E-state index in [1.807, 2.05) is 0 Å². The first-order valence-corrected chi connectivity index (χ1v) is 10.5. The number of ether oxygens (including phenoxy) is 1. The Morgan fingerprint density at radius 1 is 0.966 bits per heavy atom. The highest BCUT2D eigenvalue weighted by atomic mass is 35.5. The third kappa shape index (κ3) is 5.07. The van der Waals surface area contributed by atoms with Crippen LogP contribution in [0.4, 0.5) is 11.4 Å². The Kier molecular flexibility index (Phi) is 6.10. The summed E-state index contributed by atoms with van der Waals surface area (Å²) in [5, 5.41) is 3.22. The Morgan fingerprint density at radius 3 is 2.34 bits per heavy atom. The van der Waals surface area contributed by atoms with Crippen LogP contribution in [-0.2, 0) is 10.0 Å². The molecule has 8 heteroatoms. The lowest BCUT2D eigenvalue weighted by Crippen LogP contribution is -2.16. The molecule has 0 aliphatic heterocycles. The van der Waals surface area contributed by atoms with Crippen LogP contribution in [0.3, 0.4) is 0 Å². The number of aryl methyl sites for hydroxylation is 1. The molecule has 0 saturated heterocycles. The molecule has 0 heterocycles. The molecular weight excluding hydrogens is 412 g/mol. The number of sulfonamides is 1. The van der Waals surface area contributed by atoms with Gasteiger partial charge in [0.05, 0.1) is 12.0 Å². The van der Waals surface area contributed by atoms with Crippen LogP contribution in [0.15, 0.2) is 71.6 Å². The van der Waals surface area contributed by atoms with E-state index in [1.165, 1.54) is 13.2 Å². The Bertz CT molecular complexity index is 1150. The number of rotatable bonds is 6. The predicted molar refractivity (Wildman–Crippen MR) is 114 cm³/mol. The van der Waals surface area contributed by atoms with Crippen LogP contribution in [0.1, 0.15) is 15.9 Å². The molecule has 0 radical (unpaired) electrons. The van der Waals surface area contributed by atoms with Crippen LogP contribution in [-0.4, -0.2) is 21.4 Å². The number of hydrogen-bond donors (Lipinski definition) is 2. The number of halogens is 1. The zero-order valence-electron chi connectivity index (χ0n) is 15.8. The molecule has 29 heavy (non-hydrogen) atoms. The minimum atomic E-state index is -3.85. The highest BCUT2D eigenvalue weighted by Gasteiger charge is 2.18. The number of benzene rings is 3. The maximum atomic E-state index is 12.8. The van der Waals surface area contributed by atoms with E-state index in [1.54, 1.807) is 67.6 Å². The van der Waals surface area contributed by atoms with E-state index < -0.39 is 10.0 Å². The van der Waals surface area contributed by atoms with Crippen molar-refractivity contribution < 1.29 is 17.9 Å². The van der Waals surface area contributed by atoms with Crippen molar-refractivity contribution in [2.75, 3.05) is 17.1 Å². The molecule has 3 aromatic carbocycles. The topological polar surface area (TPSA) is 84.5 Å². The maximum absolute atomic E-state index is 12.8. The lowest BCUT2D eigenvalue weighted by Gasteiger charge is -2.13. The van der Waals surface area contributed by atoms with Gasteiger partial charge in [-0.25, -0.2) is 8.42 Å². The monoisotopic (exact) mass is 430 g/mol. The molecule has 2 N–H and O–H groups in total. The zero-order chi connectivity index (χ0) is 21.0. The molecule has 1 amide bonds. The first-order valence-electron chi connectivity index (χ1n) is 8.63. The van der Waals surface area contributed by atoms with Gasteiger partial charge in [-0.3, -0.25) is 9.52 Å². The number of carbonyl (C=O) groups excluding carboxylic acids is 1. The summed E-state index contributed by atoms with van der Waals surface area (Å²) in [6.07, 6.45) is 0. The van der Waals surface area contributed by atoms with Crippen molar-refractivity contribution in [3.05, 3.63) is 82.9 Å². The molecule has 0 spiro atoms. The molecule has 6 nitrogen and oxygen atoms in total. The highest BCUT2D eigenvalue weighted by molar-refractivity contribution is 7.92. The van der Waals surface area contributed by atoms with E-state index in [0.717, 1.165) is 0 Å². The van der Waals surface area contributed by atoms with Gasteiger partial charge in [-0.1, -0.05) is 23.7 Å². The molecular formula is C21H19ClN2O4S. The summed E-state index contributed by atoms with van der Waals surface area (Å²) in [6.45, 7) is 1.68. The fourth-order valence-electron chi connectivity index (χ4n) is 2.66. The van der Waals surface area contributed by atoms with Gasteiger partial charge in [0, 0.05) is 22.0 Å². The second-order valence-electron chi connectivity index (χ2n) is 6.28. The molecule has 0 aliphatic rings. The number of nitrogens with one attached hydrogen (secondary N) is 2. The standard InChI is InChI=1S/C21H19ClN2O4S/c1-14-6-9-18(23-21(25)15-4-3-5-19(12-15)28-2)13-20(14)29(26,27)24-17-10-7-16(22)8-11-17/h3-13,24H,1-2H3,(H,23,25). The van der Waals surface area contributed by atoms with Crippen molar-refractivity contribution in [3.8, 4) is 5.75 Å². The van der Waals surface area contributed by atoms with Gasteiger partial charge in [-0.05, 0) is 67.1 Å². The van der Waals surface area contributed by atoms with Crippen molar-refractivity contribution in [1.29, 1.82) is 0 Å². The summed E-state index contributed by atoms with van der Waals surface area (Å²) in [5.41, 5.74) is 1.69. The molecule has 150 valence electrons. The summed E-state index contributed by atoms with van der Waals surface area (Å²) in [5.74, 6) is 0.179. The van der Waals surface area contributed by atoms with Crippen LogP contribution in [0.25, 0.3) is 0 Å². The molecule has 0 aromatic heterocycles. The molecule has 0 atom stereocenters. The van der Waals surface area contributed by atoms with Crippen LogP contribution in [0, 0.1) is 6.92 Å². The molecule has 0 unspecified atom stereocenters. The minimum absolute atomic E-state index is 0.0656. The number of hydrogen-bond acceptors (Lipinski definition) is 4. The number of methoxy groups -OCH3 is 1. The van der Waals surface area contributed by atoms with Gasteiger partial charge in [-0.2, -0.15) is 0 Å². The zero-order valence-corrected chi connectivity index (χ0v) is 17.3. The third-order valence-electron chi connectivity index (χ3n) is 4.16. The lowest BCUT2D eigenvalue weighted by atomic mass is 10.2. The smallest absolute Gasteiger partial charge is 0.262 e. The van der Waals surface area contributed by atoms with Gasteiger partial charge in [0.2, 0.25) is 0 Å². The molecule has 0 aliphatic carbocycles. The van der Waals surface area contributed by atoms with Crippen molar-refractivity contribution >= 4 is 38.9 Å². The second-order valence-corrected chi connectivity index (χ2v) is 8.37. The number of anilines is 2. The number of amides is 1. The maximum Gasteiger partial charge on any atom is 0.262 e. The first-order chi connectivity index (χ1) is 13.8. The Hall–Kier alpha value is -3.03. The van der Waals surface area contributed by atoms with Gasteiger partial charge >= 0.3 is 0 Å². The van der Waals surface area contributed by atoms with Gasteiger partial charge in [0.25, 0.3) is 15.9 Å². The lowest BCUT2D eigenvalue weighted by molar-refractivity contribution is 0.102. The molecule has 3 aromatic rings. The van der Waals surface area contributed by atoms with Crippen molar-refractivity contribution in [3.63, 3.8) is 0 Å². The normalized spacial score (nSPS) is 11.0. The van der Waals surface area contributed by atoms with E-state index in [0.29, 0.717) is 33.3 Å². The van der Waals surface area contributed by atoms with Crippen LogP contribution in [0.5, 0.6) is 5.75 Å². The van der Waals surface area contributed by atoms with Crippen molar-refractivity contribution in [2.24, 2.45) is 0 Å².